The number of imide groups is 1. The zero-order valence-electron chi connectivity index (χ0n) is 15.4. The Bertz CT molecular complexity index is 947. The maximum absolute atomic E-state index is 13.2. The molecule has 0 spiro atoms. The van der Waals surface area contributed by atoms with Crippen molar-refractivity contribution in [2.24, 2.45) is 0 Å². The number of rotatable bonds is 6. The predicted molar refractivity (Wildman–Crippen MR) is 110 cm³/mol. The monoisotopic (exact) mass is 419 g/mol. The average molecular weight is 420 g/mol. The van der Waals surface area contributed by atoms with Crippen LogP contribution in [-0.2, 0) is 11.3 Å². The van der Waals surface area contributed by atoms with Gasteiger partial charge in [-0.15, -0.1) is 0 Å². The Kier molecular flexibility index (Phi) is 6.42. The molecule has 1 saturated heterocycles. The van der Waals surface area contributed by atoms with Crippen LogP contribution in [0, 0.1) is 5.82 Å². The fraction of sp³-hybridized carbons (Fsp3) is 0.238. The smallest absolute Gasteiger partial charge is 0.293 e. The summed E-state index contributed by atoms with van der Waals surface area (Å²) in [6.07, 6.45) is 2.54. The summed E-state index contributed by atoms with van der Waals surface area (Å²) in [5, 5.41) is -0.215. The third-order valence-corrected chi connectivity index (χ3v) is 5.59. The van der Waals surface area contributed by atoms with Crippen molar-refractivity contribution in [1.29, 1.82) is 0 Å². The van der Waals surface area contributed by atoms with Crippen molar-refractivity contribution in [2.75, 3.05) is 0 Å². The summed E-state index contributed by atoms with van der Waals surface area (Å²) in [7, 11) is 0. The molecule has 4 nitrogen and oxygen atoms in total. The van der Waals surface area contributed by atoms with Gasteiger partial charge in [0.2, 0.25) is 0 Å². The highest BCUT2D eigenvalue weighted by atomic mass is 35.5. The highest BCUT2D eigenvalue weighted by molar-refractivity contribution is 8.18. The van der Waals surface area contributed by atoms with E-state index in [1.807, 2.05) is 38.1 Å². The lowest BCUT2D eigenvalue weighted by atomic mass is 10.1. The van der Waals surface area contributed by atoms with Gasteiger partial charge in [-0.3, -0.25) is 14.5 Å². The zero-order chi connectivity index (χ0) is 20.3. The Hall–Kier alpha value is -2.31. The lowest BCUT2D eigenvalue weighted by Crippen LogP contribution is -2.27. The molecule has 0 N–H and O–H groups in total. The van der Waals surface area contributed by atoms with Gasteiger partial charge in [0.1, 0.15) is 11.6 Å². The first-order valence-corrected chi connectivity index (χ1v) is 10.0. The molecule has 2 aromatic rings. The van der Waals surface area contributed by atoms with Crippen molar-refractivity contribution in [2.45, 2.75) is 32.9 Å². The van der Waals surface area contributed by atoms with E-state index in [1.54, 1.807) is 6.08 Å². The molecule has 2 amide bonds. The largest absolute Gasteiger partial charge is 0.490 e. The van der Waals surface area contributed by atoms with E-state index < -0.39 is 17.0 Å². The Morgan fingerprint density at radius 2 is 2.00 bits per heavy atom. The molecule has 1 aliphatic heterocycles. The highest BCUT2D eigenvalue weighted by Crippen LogP contribution is 2.35. The van der Waals surface area contributed by atoms with E-state index in [4.69, 9.17) is 16.3 Å². The van der Waals surface area contributed by atoms with Crippen LogP contribution >= 0.6 is 23.4 Å². The van der Waals surface area contributed by atoms with Gasteiger partial charge in [0, 0.05) is 10.6 Å². The molecule has 28 heavy (non-hydrogen) atoms. The lowest BCUT2D eigenvalue weighted by molar-refractivity contribution is -0.123. The van der Waals surface area contributed by atoms with Crippen LogP contribution in [0.2, 0.25) is 5.02 Å². The minimum absolute atomic E-state index is 0.00780. The topological polar surface area (TPSA) is 46.6 Å². The number of ether oxygens (including phenoxy) is 1. The van der Waals surface area contributed by atoms with Crippen molar-refractivity contribution in [1.82, 2.24) is 4.90 Å². The molecule has 1 heterocycles. The number of hydrogen-bond acceptors (Lipinski definition) is 4. The second-order valence-electron chi connectivity index (χ2n) is 6.38. The SMILES string of the molecule is CC[C@H](C)Oc1ccccc1/C=C1/SC(=O)N(Cc2ccc(F)cc2Cl)C1=O. The molecule has 1 aliphatic rings. The van der Waals surface area contributed by atoms with E-state index in [1.165, 1.54) is 12.1 Å². The fourth-order valence-electron chi connectivity index (χ4n) is 2.60. The number of benzene rings is 2. The van der Waals surface area contributed by atoms with Crippen molar-refractivity contribution < 1.29 is 18.7 Å². The van der Waals surface area contributed by atoms with E-state index in [9.17, 15) is 14.0 Å². The van der Waals surface area contributed by atoms with E-state index in [-0.39, 0.29) is 17.7 Å². The van der Waals surface area contributed by atoms with Crippen molar-refractivity contribution >= 4 is 40.6 Å². The molecule has 0 bridgehead atoms. The molecule has 0 radical (unpaired) electrons. The van der Waals surface area contributed by atoms with Crippen LogP contribution in [0.4, 0.5) is 9.18 Å². The zero-order valence-corrected chi connectivity index (χ0v) is 17.0. The number of nitrogens with zero attached hydrogens (tertiary/aromatic N) is 1. The number of thioether (sulfide) groups is 1. The molecular formula is C21H19ClFNO3S. The Labute approximate surface area is 172 Å². The number of carbonyl (C=O) groups is 2. The minimum atomic E-state index is -0.472. The van der Waals surface area contributed by atoms with Gasteiger partial charge >= 0.3 is 0 Å². The molecule has 3 rings (SSSR count). The molecule has 1 atom stereocenters. The van der Waals surface area contributed by atoms with Gasteiger partial charge in [0.05, 0.1) is 17.6 Å². The molecular weight excluding hydrogens is 401 g/mol. The Morgan fingerprint density at radius 3 is 2.71 bits per heavy atom. The van der Waals surface area contributed by atoms with Gasteiger partial charge < -0.3 is 4.74 Å². The van der Waals surface area contributed by atoms with Crippen LogP contribution in [0.25, 0.3) is 6.08 Å². The van der Waals surface area contributed by atoms with Gasteiger partial charge in [-0.1, -0.05) is 42.8 Å². The predicted octanol–water partition coefficient (Wildman–Crippen LogP) is 5.89. The molecule has 1 fully saturated rings. The number of hydrogen-bond donors (Lipinski definition) is 0. The van der Waals surface area contributed by atoms with Gasteiger partial charge in [0.25, 0.3) is 11.1 Å². The maximum Gasteiger partial charge on any atom is 0.293 e. The standard InChI is InChI=1S/C21H19ClFNO3S/c1-3-13(2)27-18-7-5-4-6-14(18)10-19-20(25)24(21(26)28-19)12-15-8-9-16(23)11-17(15)22/h4-11,13H,3,12H2,1-2H3/b19-10+/t13-/m0/s1. The second-order valence-corrected chi connectivity index (χ2v) is 7.78. The quantitative estimate of drug-likeness (QED) is 0.547. The normalized spacial score (nSPS) is 16.7. The van der Waals surface area contributed by atoms with Crippen molar-refractivity contribution in [3.8, 4) is 5.75 Å². The van der Waals surface area contributed by atoms with E-state index in [0.717, 1.165) is 34.7 Å². The Morgan fingerprint density at radius 1 is 1.25 bits per heavy atom. The summed E-state index contributed by atoms with van der Waals surface area (Å²) in [6.45, 7) is 3.99. The van der Waals surface area contributed by atoms with Crippen LogP contribution in [0.1, 0.15) is 31.4 Å². The average Bonchev–Trinajstić information content (AvgIpc) is 2.92. The first-order chi connectivity index (χ1) is 13.4. The first-order valence-electron chi connectivity index (χ1n) is 8.84. The van der Waals surface area contributed by atoms with Crippen LogP contribution in [0.3, 0.4) is 0 Å². The fourth-order valence-corrected chi connectivity index (χ4v) is 3.66. The summed E-state index contributed by atoms with van der Waals surface area (Å²) in [6, 6.07) is 11.3. The van der Waals surface area contributed by atoms with Crippen LogP contribution in [-0.4, -0.2) is 22.2 Å². The third kappa shape index (κ3) is 4.56. The first kappa shape index (κ1) is 20.4. The molecule has 0 aliphatic carbocycles. The third-order valence-electron chi connectivity index (χ3n) is 4.33. The molecule has 146 valence electrons. The summed E-state index contributed by atoms with van der Waals surface area (Å²) in [5.41, 5.74) is 1.24. The lowest BCUT2D eigenvalue weighted by Gasteiger charge is -2.15. The van der Waals surface area contributed by atoms with Crippen LogP contribution in [0.15, 0.2) is 47.4 Å². The van der Waals surface area contributed by atoms with E-state index in [0.29, 0.717) is 16.2 Å². The molecule has 2 aromatic carbocycles. The summed E-state index contributed by atoms with van der Waals surface area (Å²) >= 11 is 6.89. The van der Waals surface area contributed by atoms with Crippen molar-refractivity contribution in [3.05, 3.63) is 69.3 Å². The van der Waals surface area contributed by atoms with Crippen LogP contribution in [0.5, 0.6) is 5.75 Å². The number of halogens is 2. The van der Waals surface area contributed by atoms with Crippen LogP contribution < -0.4 is 4.74 Å². The van der Waals surface area contributed by atoms with Crippen molar-refractivity contribution in [3.63, 3.8) is 0 Å². The minimum Gasteiger partial charge on any atom is -0.490 e. The van der Waals surface area contributed by atoms with Gasteiger partial charge in [-0.25, -0.2) is 4.39 Å². The Balaban J connectivity index is 1.84. The van der Waals surface area contributed by atoms with Gasteiger partial charge in [0.15, 0.2) is 0 Å². The maximum atomic E-state index is 13.2. The van der Waals surface area contributed by atoms with Gasteiger partial charge in [-0.05, 0) is 54.9 Å². The summed E-state index contributed by atoms with van der Waals surface area (Å²) in [5.74, 6) is -0.223. The number of para-hydroxylation sites is 1. The summed E-state index contributed by atoms with van der Waals surface area (Å²) < 4.78 is 19.1. The number of carbonyl (C=O) groups excluding carboxylic acids is 2. The second kappa shape index (κ2) is 8.80. The highest BCUT2D eigenvalue weighted by Gasteiger charge is 2.35. The summed E-state index contributed by atoms with van der Waals surface area (Å²) in [4.78, 5) is 26.5. The van der Waals surface area contributed by atoms with Gasteiger partial charge in [-0.2, -0.15) is 0 Å². The molecule has 7 heteroatoms. The molecule has 0 aromatic heterocycles. The van der Waals surface area contributed by atoms with E-state index >= 15 is 0 Å². The number of amides is 2. The molecule has 0 saturated carbocycles. The molecule has 0 unspecified atom stereocenters. The van der Waals surface area contributed by atoms with E-state index in [2.05, 4.69) is 0 Å².